The lowest BCUT2D eigenvalue weighted by Gasteiger charge is -2.33. The lowest BCUT2D eigenvalue weighted by molar-refractivity contribution is 0.342. The van der Waals surface area contributed by atoms with Gasteiger partial charge in [0.05, 0.1) is 18.3 Å². The summed E-state index contributed by atoms with van der Waals surface area (Å²) in [6.07, 6.45) is 2.62. The summed E-state index contributed by atoms with van der Waals surface area (Å²) in [7, 11) is 0. The third kappa shape index (κ3) is 5.38. The van der Waals surface area contributed by atoms with Crippen molar-refractivity contribution >= 4 is 28.7 Å². The first-order valence-electron chi connectivity index (χ1n) is 10.2. The van der Waals surface area contributed by atoms with Crippen LogP contribution in [0.5, 0.6) is 5.75 Å². The molecule has 5 heteroatoms. The number of hydrogen-bond donors (Lipinski definition) is 2. The summed E-state index contributed by atoms with van der Waals surface area (Å²) in [5.74, 6) is 1.58. The number of para-hydroxylation sites is 2. The van der Waals surface area contributed by atoms with Crippen molar-refractivity contribution in [3.8, 4) is 5.75 Å². The van der Waals surface area contributed by atoms with Crippen molar-refractivity contribution in [1.29, 1.82) is 0 Å². The van der Waals surface area contributed by atoms with Crippen LogP contribution in [0.1, 0.15) is 45.2 Å². The molecule has 2 N–H and O–H groups in total. The number of hydrogen-bond acceptors (Lipinski definition) is 3. The van der Waals surface area contributed by atoms with Crippen molar-refractivity contribution < 1.29 is 4.74 Å². The minimum Gasteiger partial charge on any atom is -0.492 e. The molecule has 0 aromatic heterocycles. The van der Waals surface area contributed by atoms with Crippen LogP contribution in [0.15, 0.2) is 48.5 Å². The molecule has 3 rings (SSSR count). The number of thiocarbonyl (C=S) groups is 1. The molecule has 4 nitrogen and oxygen atoms in total. The molecule has 1 heterocycles. The zero-order valence-corrected chi connectivity index (χ0v) is 17.9. The minimum atomic E-state index is 0.119. The van der Waals surface area contributed by atoms with Crippen LogP contribution in [0, 0.1) is 5.92 Å². The van der Waals surface area contributed by atoms with Gasteiger partial charge in [-0.3, -0.25) is 0 Å². The summed E-state index contributed by atoms with van der Waals surface area (Å²) >= 11 is 5.51. The number of piperidine rings is 1. The average Bonchev–Trinajstić information content (AvgIpc) is 2.70. The molecule has 0 spiro atoms. The van der Waals surface area contributed by atoms with Crippen molar-refractivity contribution in [3.63, 3.8) is 0 Å². The van der Waals surface area contributed by atoms with Gasteiger partial charge in [0.2, 0.25) is 0 Å². The number of ether oxygens (including phenoxy) is 1. The van der Waals surface area contributed by atoms with Gasteiger partial charge < -0.3 is 20.3 Å². The molecule has 1 saturated heterocycles. The van der Waals surface area contributed by atoms with Crippen molar-refractivity contribution in [2.75, 3.05) is 29.9 Å². The first kappa shape index (κ1) is 20.5. The maximum Gasteiger partial charge on any atom is 0.171 e. The molecule has 1 fully saturated rings. The predicted octanol–water partition coefficient (Wildman–Crippen LogP) is 5.37. The fraction of sp³-hybridized carbons (Fsp3) is 0.435. The minimum absolute atomic E-state index is 0.119. The molecule has 0 aliphatic carbocycles. The quantitative estimate of drug-likeness (QED) is 0.641. The summed E-state index contributed by atoms with van der Waals surface area (Å²) in [6.45, 7) is 9.37. The van der Waals surface area contributed by atoms with E-state index in [1.54, 1.807) is 0 Å². The Bertz CT molecular complexity index is 778. The van der Waals surface area contributed by atoms with Crippen LogP contribution in [0.25, 0.3) is 0 Å². The molecule has 0 bridgehead atoms. The predicted molar refractivity (Wildman–Crippen MR) is 122 cm³/mol. The Labute approximate surface area is 174 Å². The highest BCUT2D eigenvalue weighted by molar-refractivity contribution is 7.80. The largest absolute Gasteiger partial charge is 0.492 e. The second-order valence-corrected chi connectivity index (χ2v) is 7.94. The van der Waals surface area contributed by atoms with Gasteiger partial charge in [0.15, 0.2) is 5.11 Å². The molecular weight excluding hydrogens is 366 g/mol. The maximum atomic E-state index is 5.65. The highest BCUT2D eigenvalue weighted by atomic mass is 32.1. The molecule has 1 aliphatic heterocycles. The van der Waals surface area contributed by atoms with Crippen molar-refractivity contribution in [2.45, 2.75) is 39.7 Å². The highest BCUT2D eigenvalue weighted by Crippen LogP contribution is 2.26. The Kier molecular flexibility index (Phi) is 7.15. The van der Waals surface area contributed by atoms with Crippen LogP contribution in [-0.2, 0) is 0 Å². The van der Waals surface area contributed by atoms with Crippen molar-refractivity contribution in [3.05, 3.63) is 54.1 Å². The number of anilines is 2. The van der Waals surface area contributed by atoms with Crippen LogP contribution in [0.2, 0.25) is 0 Å². The fourth-order valence-corrected chi connectivity index (χ4v) is 3.97. The zero-order valence-electron chi connectivity index (χ0n) is 17.1. The van der Waals surface area contributed by atoms with Gasteiger partial charge in [0, 0.05) is 18.8 Å². The van der Waals surface area contributed by atoms with Gasteiger partial charge in [-0.15, -0.1) is 0 Å². The summed E-state index contributed by atoms with van der Waals surface area (Å²) in [6, 6.07) is 16.8. The molecule has 0 amide bonds. The zero-order chi connectivity index (χ0) is 19.9. The van der Waals surface area contributed by atoms with Crippen LogP contribution >= 0.6 is 12.2 Å². The summed E-state index contributed by atoms with van der Waals surface area (Å²) in [5, 5.41) is 7.21. The Balaban J connectivity index is 1.58. The molecule has 2 aromatic carbocycles. The molecule has 0 unspecified atom stereocenters. The van der Waals surface area contributed by atoms with E-state index in [4.69, 9.17) is 17.0 Å². The van der Waals surface area contributed by atoms with Gasteiger partial charge in [0.25, 0.3) is 0 Å². The second kappa shape index (κ2) is 9.78. The molecule has 0 saturated carbocycles. The SMILES string of the molecule is CCOc1ccccc1NC(=S)N[C@H](C)c1ccc(N2CCC[C@@H](C)C2)cc1. The first-order valence-corrected chi connectivity index (χ1v) is 10.6. The molecular formula is C23H31N3OS. The van der Waals surface area contributed by atoms with E-state index in [9.17, 15) is 0 Å². The Morgan fingerprint density at radius 2 is 1.96 bits per heavy atom. The van der Waals surface area contributed by atoms with Gasteiger partial charge in [-0.25, -0.2) is 0 Å². The maximum absolute atomic E-state index is 5.65. The number of benzene rings is 2. The van der Waals surface area contributed by atoms with Crippen molar-refractivity contribution in [2.24, 2.45) is 5.92 Å². The lowest BCUT2D eigenvalue weighted by Crippen LogP contribution is -2.34. The first-order chi connectivity index (χ1) is 13.6. The molecule has 2 atom stereocenters. The second-order valence-electron chi connectivity index (χ2n) is 7.53. The summed E-state index contributed by atoms with van der Waals surface area (Å²) < 4.78 is 5.65. The Morgan fingerprint density at radius 3 is 2.68 bits per heavy atom. The lowest BCUT2D eigenvalue weighted by atomic mass is 9.99. The van der Waals surface area contributed by atoms with E-state index in [1.165, 1.54) is 24.1 Å². The average molecular weight is 398 g/mol. The fourth-order valence-electron chi connectivity index (χ4n) is 3.69. The smallest absolute Gasteiger partial charge is 0.171 e. The van der Waals surface area contributed by atoms with E-state index in [0.29, 0.717) is 11.7 Å². The summed E-state index contributed by atoms with van der Waals surface area (Å²) in [4.78, 5) is 2.49. The molecule has 28 heavy (non-hydrogen) atoms. The highest BCUT2D eigenvalue weighted by Gasteiger charge is 2.17. The number of nitrogens with one attached hydrogen (secondary N) is 2. The van der Waals surface area contributed by atoms with Crippen molar-refractivity contribution in [1.82, 2.24) is 5.32 Å². The Hall–Kier alpha value is -2.27. The van der Waals surface area contributed by atoms with E-state index < -0.39 is 0 Å². The van der Waals surface area contributed by atoms with E-state index in [2.05, 4.69) is 53.6 Å². The van der Waals surface area contributed by atoms with Crippen LogP contribution in [0.4, 0.5) is 11.4 Å². The topological polar surface area (TPSA) is 36.5 Å². The van der Waals surface area contributed by atoms with Gasteiger partial charge in [0.1, 0.15) is 5.75 Å². The monoisotopic (exact) mass is 397 g/mol. The molecule has 150 valence electrons. The van der Waals surface area contributed by atoms with Gasteiger partial charge in [-0.1, -0.05) is 31.2 Å². The van der Waals surface area contributed by atoms with E-state index in [1.807, 2.05) is 31.2 Å². The van der Waals surface area contributed by atoms with Crippen LogP contribution < -0.4 is 20.3 Å². The summed E-state index contributed by atoms with van der Waals surface area (Å²) in [5.41, 5.74) is 3.41. The van der Waals surface area contributed by atoms with Crippen LogP contribution in [-0.4, -0.2) is 24.8 Å². The third-order valence-electron chi connectivity index (χ3n) is 5.20. The van der Waals surface area contributed by atoms with Gasteiger partial charge in [-0.2, -0.15) is 0 Å². The van der Waals surface area contributed by atoms with E-state index in [-0.39, 0.29) is 6.04 Å². The van der Waals surface area contributed by atoms with Gasteiger partial charge >= 0.3 is 0 Å². The number of nitrogens with zero attached hydrogens (tertiary/aromatic N) is 1. The molecule has 1 aliphatic rings. The van der Waals surface area contributed by atoms with Crippen LogP contribution in [0.3, 0.4) is 0 Å². The third-order valence-corrected chi connectivity index (χ3v) is 5.42. The standard InChI is InChI=1S/C23H31N3OS/c1-4-27-22-10-6-5-9-21(22)25-23(28)24-18(3)19-11-13-20(14-12-19)26-15-7-8-17(2)16-26/h5-6,9-14,17-18H,4,7-8,15-16H2,1-3H3,(H2,24,25,28)/t17-,18-/m1/s1. The molecule has 2 aromatic rings. The normalized spacial score (nSPS) is 17.7. The Morgan fingerprint density at radius 1 is 1.21 bits per heavy atom. The molecule has 0 radical (unpaired) electrons. The van der Waals surface area contributed by atoms with Gasteiger partial charge in [-0.05, 0) is 74.7 Å². The van der Waals surface area contributed by atoms with E-state index >= 15 is 0 Å². The van der Waals surface area contributed by atoms with E-state index in [0.717, 1.165) is 30.4 Å². The number of rotatable bonds is 6.